The van der Waals surface area contributed by atoms with E-state index in [0.717, 1.165) is 33.8 Å². The van der Waals surface area contributed by atoms with Crippen molar-refractivity contribution in [3.05, 3.63) is 113 Å². The number of hydrogen-bond donors (Lipinski definition) is 2. The molecule has 2 aliphatic carbocycles. The van der Waals surface area contributed by atoms with E-state index in [0.29, 0.717) is 33.9 Å². The van der Waals surface area contributed by atoms with Crippen molar-refractivity contribution in [3.8, 4) is 33.8 Å². The summed E-state index contributed by atoms with van der Waals surface area (Å²) in [6.45, 7) is 7.71. The molecule has 0 aromatic heterocycles. The van der Waals surface area contributed by atoms with Gasteiger partial charge in [-0.15, -0.1) is 10.2 Å². The zero-order valence-corrected chi connectivity index (χ0v) is 20.2. The normalized spacial score (nSPS) is 11.9. The van der Waals surface area contributed by atoms with E-state index in [1.165, 1.54) is 12.1 Å². The maximum Gasteiger partial charge on any atom is 0.132 e. The first-order valence-electron chi connectivity index (χ1n) is 11.9. The molecule has 0 unspecified atom stereocenters. The van der Waals surface area contributed by atoms with Crippen LogP contribution in [0.15, 0.2) is 67.9 Å². The second-order valence-corrected chi connectivity index (χ2v) is 8.77. The van der Waals surface area contributed by atoms with Gasteiger partial charge in [0.05, 0.1) is 17.6 Å². The minimum Gasteiger partial charge on any atom is -0.354 e. The lowest BCUT2D eigenvalue weighted by Gasteiger charge is -2.07. The number of aromatic nitrogens is 5. The summed E-state index contributed by atoms with van der Waals surface area (Å²) < 4.78 is 28.2. The van der Waals surface area contributed by atoms with Gasteiger partial charge in [0.25, 0.3) is 0 Å². The summed E-state index contributed by atoms with van der Waals surface area (Å²) in [6.07, 6.45) is 12.5. The van der Waals surface area contributed by atoms with E-state index in [9.17, 15) is 8.78 Å². The molecule has 4 aliphatic heterocycles. The molecule has 7 heteroatoms. The Hall–Kier alpha value is -5.17. The molecule has 5 nitrogen and oxygen atoms in total. The largest absolute Gasteiger partial charge is 0.354 e. The molecule has 2 N–H and O–H groups in total. The van der Waals surface area contributed by atoms with E-state index in [-0.39, 0.29) is 11.6 Å². The number of nitrogens with one attached hydrogen (secondary N) is 2. The number of pyridine rings is 2. The fourth-order valence-corrected chi connectivity index (χ4v) is 4.48. The maximum atomic E-state index is 14.1. The summed E-state index contributed by atoms with van der Waals surface area (Å²) >= 11 is 0. The predicted octanol–water partition coefficient (Wildman–Crippen LogP) is 7.75. The van der Waals surface area contributed by atoms with Gasteiger partial charge in [0.1, 0.15) is 17.3 Å². The van der Waals surface area contributed by atoms with Crippen molar-refractivity contribution in [1.29, 1.82) is 0 Å². The molecule has 0 saturated carbocycles. The first kappa shape index (κ1) is 23.2. The third kappa shape index (κ3) is 4.10. The zero-order chi connectivity index (χ0) is 26.2. The molecule has 184 valence electrons. The van der Waals surface area contributed by atoms with Gasteiger partial charge in [-0.3, -0.25) is 4.98 Å². The Morgan fingerprint density at radius 2 is 1.26 bits per heavy atom. The van der Waals surface area contributed by atoms with Gasteiger partial charge < -0.3 is 9.97 Å². The Labute approximate surface area is 217 Å². The van der Waals surface area contributed by atoms with Crippen LogP contribution >= 0.6 is 0 Å². The highest BCUT2D eigenvalue weighted by atomic mass is 19.1. The van der Waals surface area contributed by atoms with Crippen LogP contribution in [0, 0.1) is 11.6 Å². The van der Waals surface area contributed by atoms with Gasteiger partial charge in [0.2, 0.25) is 0 Å². The Morgan fingerprint density at radius 3 is 1.87 bits per heavy atom. The van der Waals surface area contributed by atoms with Crippen LogP contribution in [-0.4, -0.2) is 25.1 Å². The number of hydrogen-bond acceptors (Lipinski definition) is 3. The molecular weight excluding hydrogens is 480 g/mol. The molecule has 38 heavy (non-hydrogen) atoms. The minimum absolute atomic E-state index is 0.276. The minimum atomic E-state index is -0.281. The van der Waals surface area contributed by atoms with Crippen molar-refractivity contribution < 1.29 is 8.78 Å². The molecular formula is C31H21F2N5. The highest BCUT2D eigenvalue weighted by Gasteiger charge is 2.15. The third-order valence-electron chi connectivity index (χ3n) is 6.48. The Kier molecular flexibility index (Phi) is 5.73. The second kappa shape index (κ2) is 9.37. The summed E-state index contributed by atoms with van der Waals surface area (Å²) in [5.74, 6) is -0.557. The van der Waals surface area contributed by atoms with Gasteiger partial charge in [-0.25, -0.2) is 8.78 Å². The van der Waals surface area contributed by atoms with Crippen LogP contribution in [0.25, 0.3) is 70.2 Å². The third-order valence-corrected chi connectivity index (χ3v) is 6.48. The lowest BCUT2D eigenvalue weighted by molar-refractivity contribution is 0.634. The van der Waals surface area contributed by atoms with E-state index in [2.05, 4.69) is 38.3 Å². The fourth-order valence-electron chi connectivity index (χ4n) is 4.48. The molecule has 6 aliphatic rings. The standard InChI is InChI=1S/C31H21F2N5/c1-3-26-18(15-22-24(32)10-13-28(22)35-26)5-7-20-8-9-21-30(37-38-31(21)17-34-20)12-6-19-16-23-25(33)11-14-29(23)36-27(19)4-2/h3-17,35-36H,1-2H2/b7-5+,12-6+. The summed E-state index contributed by atoms with van der Waals surface area (Å²) in [6, 6.07) is 13.6. The zero-order valence-electron chi connectivity index (χ0n) is 20.2. The van der Waals surface area contributed by atoms with Crippen LogP contribution in [0.2, 0.25) is 0 Å². The Morgan fingerprint density at radius 1 is 0.658 bits per heavy atom. The molecule has 0 saturated heterocycles. The summed E-state index contributed by atoms with van der Waals surface area (Å²) in [4.78, 5) is 10.9. The van der Waals surface area contributed by atoms with Gasteiger partial charge in [0, 0.05) is 39.5 Å². The number of H-pyrrole nitrogens is 2. The van der Waals surface area contributed by atoms with E-state index < -0.39 is 0 Å². The van der Waals surface area contributed by atoms with Gasteiger partial charge in [-0.2, -0.15) is 0 Å². The van der Waals surface area contributed by atoms with Gasteiger partial charge in [-0.05, 0) is 84.0 Å². The molecule has 0 spiro atoms. The monoisotopic (exact) mass is 501 g/mol. The van der Waals surface area contributed by atoms with Gasteiger partial charge in [-0.1, -0.05) is 25.3 Å². The van der Waals surface area contributed by atoms with Crippen molar-refractivity contribution in [1.82, 2.24) is 25.1 Å². The first-order chi connectivity index (χ1) is 18.5. The average molecular weight is 502 g/mol. The van der Waals surface area contributed by atoms with Gasteiger partial charge in [0.15, 0.2) is 0 Å². The lowest BCUT2D eigenvalue weighted by atomic mass is 10.1. The molecule has 0 aromatic carbocycles. The van der Waals surface area contributed by atoms with Crippen LogP contribution in [0.5, 0.6) is 0 Å². The number of fused-ring (bicyclic) bond motifs is 3. The average Bonchev–Trinajstić information content (AvgIpc) is 3.57. The topological polar surface area (TPSA) is 70.2 Å². The van der Waals surface area contributed by atoms with Crippen molar-refractivity contribution in [3.63, 3.8) is 0 Å². The highest BCUT2D eigenvalue weighted by molar-refractivity contribution is 5.83. The van der Waals surface area contributed by atoms with Crippen LogP contribution in [0.3, 0.4) is 0 Å². The Bertz CT molecular complexity index is 1790. The van der Waals surface area contributed by atoms with Gasteiger partial charge >= 0.3 is 0 Å². The lowest BCUT2D eigenvalue weighted by Crippen LogP contribution is -1.91. The number of nitrogens with zero attached hydrogens (tertiary/aromatic N) is 3. The quantitative estimate of drug-likeness (QED) is 0.245. The van der Waals surface area contributed by atoms with E-state index >= 15 is 0 Å². The molecule has 0 bridgehead atoms. The van der Waals surface area contributed by atoms with E-state index in [4.69, 9.17) is 0 Å². The second-order valence-electron chi connectivity index (χ2n) is 8.77. The Balaban J connectivity index is 1.32. The van der Waals surface area contributed by atoms with Crippen LogP contribution in [0.1, 0.15) is 33.9 Å². The summed E-state index contributed by atoms with van der Waals surface area (Å²) in [7, 11) is 0. The molecule has 0 radical (unpaired) electrons. The molecule has 0 atom stereocenters. The highest BCUT2D eigenvalue weighted by Crippen LogP contribution is 2.31. The van der Waals surface area contributed by atoms with Crippen molar-refractivity contribution in [2.45, 2.75) is 0 Å². The number of halogens is 2. The van der Waals surface area contributed by atoms with E-state index in [1.54, 1.807) is 42.6 Å². The molecule has 6 rings (SSSR count). The summed E-state index contributed by atoms with van der Waals surface area (Å²) in [5, 5.41) is 8.54. The van der Waals surface area contributed by atoms with Crippen LogP contribution in [0.4, 0.5) is 8.78 Å². The van der Waals surface area contributed by atoms with Crippen molar-refractivity contribution in [2.75, 3.05) is 0 Å². The molecule has 0 aromatic rings. The summed E-state index contributed by atoms with van der Waals surface area (Å²) in [5.41, 5.74) is 8.40. The fraction of sp³-hybridized carbons (Fsp3) is 0. The molecule has 4 heterocycles. The molecule has 0 fully saturated rings. The van der Waals surface area contributed by atoms with Crippen molar-refractivity contribution >= 4 is 36.5 Å². The predicted molar refractivity (Wildman–Crippen MR) is 149 cm³/mol. The van der Waals surface area contributed by atoms with Crippen LogP contribution in [-0.2, 0) is 0 Å². The SMILES string of the molecule is C=Cc1[nH]c2ccc(F)c-2cc1/C=C/c1ccc2c(/C=C/c3cc4c(F)ccc-4[nH]c3C=C)nnc-2cn1. The first-order valence-corrected chi connectivity index (χ1v) is 11.9. The molecule has 0 amide bonds. The van der Waals surface area contributed by atoms with Crippen LogP contribution < -0.4 is 0 Å². The maximum absolute atomic E-state index is 14.1. The smallest absolute Gasteiger partial charge is 0.132 e. The van der Waals surface area contributed by atoms with E-state index in [1.807, 2.05) is 36.4 Å². The van der Waals surface area contributed by atoms with Crippen molar-refractivity contribution in [2.24, 2.45) is 0 Å². The number of aromatic amines is 2. The number of rotatable bonds is 6.